The van der Waals surface area contributed by atoms with Crippen LogP contribution in [0.4, 0.5) is 5.69 Å². The summed E-state index contributed by atoms with van der Waals surface area (Å²) < 4.78 is 18.6. The van der Waals surface area contributed by atoms with E-state index in [0.29, 0.717) is 46.2 Å². The van der Waals surface area contributed by atoms with E-state index in [1.54, 1.807) is 36.4 Å². The molecule has 0 bridgehead atoms. The highest BCUT2D eigenvalue weighted by atomic mass is 79.9. The van der Waals surface area contributed by atoms with Crippen molar-refractivity contribution < 1.29 is 19.0 Å². The Hall–Kier alpha value is -3.28. The van der Waals surface area contributed by atoms with Crippen molar-refractivity contribution >= 4 is 49.5 Å². The van der Waals surface area contributed by atoms with Crippen molar-refractivity contribution in [2.45, 2.75) is 20.0 Å². The van der Waals surface area contributed by atoms with E-state index in [-0.39, 0.29) is 5.57 Å². The normalized spacial score (nSPS) is 10.9. The molecule has 8 heteroatoms. The lowest BCUT2D eigenvalue weighted by atomic mass is 10.1. The number of hydrogen-bond donors (Lipinski definition) is 1. The number of nitriles is 1. The van der Waals surface area contributed by atoms with E-state index in [1.807, 2.05) is 37.3 Å². The van der Waals surface area contributed by atoms with Gasteiger partial charge in [0.05, 0.1) is 18.2 Å². The summed E-state index contributed by atoms with van der Waals surface area (Å²) in [4.78, 5) is 12.7. The van der Waals surface area contributed by atoms with Gasteiger partial charge in [-0.3, -0.25) is 4.79 Å². The van der Waals surface area contributed by atoms with Crippen molar-refractivity contribution in [3.63, 3.8) is 0 Å². The van der Waals surface area contributed by atoms with E-state index in [0.717, 1.165) is 16.5 Å². The van der Waals surface area contributed by atoms with Crippen molar-refractivity contribution in [1.82, 2.24) is 0 Å². The highest BCUT2D eigenvalue weighted by Crippen LogP contribution is 2.37. The first kappa shape index (κ1) is 26.3. The lowest BCUT2D eigenvalue weighted by Gasteiger charge is -2.13. The molecule has 0 fully saturated rings. The number of carbonyl (C=O) groups excluding carboxylic acids is 1. The van der Waals surface area contributed by atoms with Gasteiger partial charge in [0, 0.05) is 10.2 Å². The highest BCUT2D eigenvalue weighted by molar-refractivity contribution is 9.10. The van der Waals surface area contributed by atoms with Crippen molar-refractivity contribution in [2.24, 2.45) is 0 Å². The van der Waals surface area contributed by atoms with E-state index in [1.165, 1.54) is 13.2 Å². The fourth-order valence-corrected chi connectivity index (χ4v) is 3.90. The minimum Gasteiger partial charge on any atom is -0.493 e. The molecule has 0 aliphatic rings. The maximum absolute atomic E-state index is 12.7. The molecule has 180 valence electrons. The van der Waals surface area contributed by atoms with Crippen molar-refractivity contribution in [1.29, 1.82) is 5.26 Å². The Labute approximate surface area is 221 Å². The van der Waals surface area contributed by atoms with Gasteiger partial charge in [0.15, 0.2) is 11.5 Å². The van der Waals surface area contributed by atoms with E-state index in [9.17, 15) is 10.1 Å². The Morgan fingerprint density at radius 2 is 1.77 bits per heavy atom. The maximum atomic E-state index is 12.7. The predicted octanol–water partition coefficient (Wildman–Crippen LogP) is 7.13. The molecule has 6 nitrogen and oxygen atoms in total. The lowest BCUT2D eigenvalue weighted by Crippen LogP contribution is -2.13. The number of nitrogens with zero attached hydrogens (tertiary/aromatic N) is 1. The second-order valence-corrected chi connectivity index (χ2v) is 9.22. The molecular formula is C27H24Br2N2O4. The fraction of sp³-hybridized carbons (Fsp3) is 0.185. The number of nitrogens with one attached hydrogen (secondary N) is 1. The van der Waals surface area contributed by atoms with Gasteiger partial charge in [-0.2, -0.15) is 5.26 Å². The molecule has 0 spiro atoms. The van der Waals surface area contributed by atoms with Gasteiger partial charge in [-0.1, -0.05) is 35.0 Å². The number of anilines is 1. The predicted molar refractivity (Wildman–Crippen MR) is 144 cm³/mol. The number of rotatable bonds is 10. The van der Waals surface area contributed by atoms with Crippen LogP contribution in [0, 0.1) is 11.3 Å². The third kappa shape index (κ3) is 7.61. The van der Waals surface area contributed by atoms with Gasteiger partial charge in [-0.25, -0.2) is 0 Å². The summed E-state index contributed by atoms with van der Waals surface area (Å²) in [5.41, 5.74) is 2.18. The molecule has 0 aliphatic carbocycles. The number of ether oxygens (including phenoxy) is 3. The highest BCUT2D eigenvalue weighted by Gasteiger charge is 2.14. The molecule has 0 atom stereocenters. The van der Waals surface area contributed by atoms with Crippen LogP contribution in [0.3, 0.4) is 0 Å². The maximum Gasteiger partial charge on any atom is 0.266 e. The van der Waals surface area contributed by atoms with E-state index in [2.05, 4.69) is 37.2 Å². The summed E-state index contributed by atoms with van der Waals surface area (Å²) in [6, 6.07) is 20.3. The molecule has 0 heterocycles. The number of methoxy groups -OCH3 is 1. The zero-order valence-electron chi connectivity index (χ0n) is 19.3. The van der Waals surface area contributed by atoms with Gasteiger partial charge in [0.25, 0.3) is 5.91 Å². The van der Waals surface area contributed by atoms with Gasteiger partial charge in [0.1, 0.15) is 24.0 Å². The van der Waals surface area contributed by atoms with Gasteiger partial charge in [-0.15, -0.1) is 0 Å². The quantitative estimate of drug-likeness (QED) is 0.198. The first-order valence-electron chi connectivity index (χ1n) is 10.8. The third-order valence-electron chi connectivity index (χ3n) is 4.81. The Balaban J connectivity index is 1.67. The second kappa shape index (κ2) is 13.0. The average Bonchev–Trinajstić information content (AvgIpc) is 2.86. The van der Waals surface area contributed by atoms with Gasteiger partial charge in [-0.05, 0) is 88.1 Å². The summed E-state index contributed by atoms with van der Waals surface area (Å²) >= 11 is 6.89. The molecule has 35 heavy (non-hydrogen) atoms. The number of amides is 1. The summed E-state index contributed by atoms with van der Waals surface area (Å²) in [5.74, 6) is 1.24. The molecule has 0 unspecified atom stereocenters. The monoisotopic (exact) mass is 598 g/mol. The molecule has 1 amide bonds. The lowest BCUT2D eigenvalue weighted by molar-refractivity contribution is -0.112. The summed E-state index contributed by atoms with van der Waals surface area (Å²) in [5, 5.41) is 12.3. The second-order valence-electron chi connectivity index (χ2n) is 7.45. The molecule has 1 N–H and O–H groups in total. The largest absolute Gasteiger partial charge is 0.493 e. The number of carbonyl (C=O) groups is 1. The van der Waals surface area contributed by atoms with Gasteiger partial charge >= 0.3 is 0 Å². The van der Waals surface area contributed by atoms with Crippen LogP contribution in [0.1, 0.15) is 24.5 Å². The Bertz CT molecular complexity index is 1230. The Morgan fingerprint density at radius 3 is 2.40 bits per heavy atom. The molecule has 0 radical (unpaired) electrons. The Kier molecular flexibility index (Phi) is 9.76. The first-order chi connectivity index (χ1) is 16.9. The zero-order chi connectivity index (χ0) is 25.2. The van der Waals surface area contributed by atoms with Crippen LogP contribution in [0.25, 0.3) is 6.08 Å². The number of hydrogen-bond acceptors (Lipinski definition) is 5. The van der Waals surface area contributed by atoms with Gasteiger partial charge in [0.2, 0.25) is 0 Å². The smallest absolute Gasteiger partial charge is 0.266 e. The molecule has 0 aromatic heterocycles. The first-order valence-corrected chi connectivity index (χ1v) is 12.4. The zero-order valence-corrected chi connectivity index (χ0v) is 22.5. The van der Waals surface area contributed by atoms with E-state index < -0.39 is 5.91 Å². The van der Waals surface area contributed by atoms with Crippen LogP contribution in [0.2, 0.25) is 0 Å². The third-order valence-corrected chi connectivity index (χ3v) is 5.93. The summed E-state index contributed by atoms with van der Waals surface area (Å²) in [7, 11) is 1.54. The summed E-state index contributed by atoms with van der Waals surface area (Å²) in [6.45, 7) is 2.99. The number of benzene rings is 3. The SMILES string of the molecule is CCCOc1c(Br)cc(/C=C(\C#N)C(=O)Nc2ccc(OCc3ccc(Br)cc3)cc2)cc1OC. The minimum absolute atomic E-state index is 0.0447. The molecular weight excluding hydrogens is 576 g/mol. The molecule has 0 saturated carbocycles. The fourth-order valence-electron chi connectivity index (χ4n) is 3.06. The van der Waals surface area contributed by atoms with Crippen LogP contribution >= 0.6 is 31.9 Å². The molecule has 3 aromatic carbocycles. The van der Waals surface area contributed by atoms with Crippen LogP contribution < -0.4 is 19.5 Å². The van der Waals surface area contributed by atoms with Gasteiger partial charge < -0.3 is 19.5 Å². The van der Waals surface area contributed by atoms with Crippen molar-refractivity contribution in [3.8, 4) is 23.3 Å². The van der Waals surface area contributed by atoms with Crippen LogP contribution in [0.15, 0.2) is 75.2 Å². The number of halogens is 2. The van der Waals surface area contributed by atoms with Crippen molar-refractivity contribution in [2.75, 3.05) is 19.0 Å². The van der Waals surface area contributed by atoms with Crippen LogP contribution in [-0.2, 0) is 11.4 Å². The van der Waals surface area contributed by atoms with Crippen LogP contribution in [0.5, 0.6) is 17.2 Å². The van der Waals surface area contributed by atoms with E-state index >= 15 is 0 Å². The molecule has 3 aromatic rings. The summed E-state index contributed by atoms with van der Waals surface area (Å²) in [6.07, 6.45) is 2.36. The van der Waals surface area contributed by atoms with E-state index in [4.69, 9.17) is 14.2 Å². The molecule has 0 saturated heterocycles. The Morgan fingerprint density at radius 1 is 1.06 bits per heavy atom. The molecule has 0 aliphatic heterocycles. The van der Waals surface area contributed by atoms with Crippen LogP contribution in [-0.4, -0.2) is 19.6 Å². The standard InChI is InChI=1S/C27H24Br2N2O4/c1-3-12-34-26-24(29)14-19(15-25(26)33-2)13-20(16-30)27(32)31-22-8-10-23(11-9-22)35-17-18-4-6-21(28)7-5-18/h4-11,13-15H,3,12,17H2,1-2H3,(H,31,32)/b20-13+. The molecule has 3 rings (SSSR count). The topological polar surface area (TPSA) is 80.6 Å². The minimum atomic E-state index is -0.516. The average molecular weight is 600 g/mol. The van der Waals surface area contributed by atoms with Crippen molar-refractivity contribution in [3.05, 3.63) is 86.3 Å².